The van der Waals surface area contributed by atoms with E-state index in [9.17, 15) is 4.79 Å². The maximum Gasteiger partial charge on any atom is 0.495 e. The number of hydrogen-bond donors (Lipinski definition) is 2. The van der Waals surface area contributed by atoms with Gasteiger partial charge in [0.1, 0.15) is 18.4 Å². The lowest BCUT2D eigenvalue weighted by atomic mass is 9.75. The number of benzene rings is 1. The second-order valence-electron chi connectivity index (χ2n) is 10.2. The Morgan fingerprint density at radius 3 is 2.42 bits per heavy atom. The summed E-state index contributed by atoms with van der Waals surface area (Å²) in [7, 11) is 1.35. The number of nitrogens with one attached hydrogen (secondary N) is 1. The molecule has 8 nitrogen and oxygen atoms in total. The number of carbonyl (C=O) groups is 1. The predicted molar refractivity (Wildman–Crippen MR) is 127 cm³/mol. The summed E-state index contributed by atoms with van der Waals surface area (Å²) in [6.07, 6.45) is 4.83. The summed E-state index contributed by atoms with van der Waals surface area (Å²) in [5, 5.41) is 3.16. The molecule has 2 amide bonds. The van der Waals surface area contributed by atoms with Crippen molar-refractivity contribution in [2.75, 3.05) is 7.05 Å². The molecule has 178 valence electrons. The SMILES string of the molecule is CC1=C(OCc2cc(C)c(B3OC(C)(C)C(C)(C)O3)cc2C)C(N2N[NH2+]N(C)C2=O)CC=C1. The monoisotopic (exact) mass is 455 g/mol. The molecule has 0 spiro atoms. The van der Waals surface area contributed by atoms with Crippen molar-refractivity contribution >= 4 is 18.6 Å². The molecule has 0 saturated carbocycles. The van der Waals surface area contributed by atoms with Gasteiger partial charge in [0.15, 0.2) is 0 Å². The Balaban J connectivity index is 1.52. The van der Waals surface area contributed by atoms with Crippen molar-refractivity contribution in [2.24, 2.45) is 0 Å². The van der Waals surface area contributed by atoms with Gasteiger partial charge in [0.25, 0.3) is 0 Å². The van der Waals surface area contributed by atoms with Crippen LogP contribution in [-0.2, 0) is 20.7 Å². The molecule has 1 aromatic carbocycles. The topological polar surface area (TPSA) is 79.9 Å². The average Bonchev–Trinajstić information content (AvgIpc) is 3.17. The highest BCUT2D eigenvalue weighted by molar-refractivity contribution is 6.62. The summed E-state index contributed by atoms with van der Waals surface area (Å²) in [6.45, 7) is 14.9. The Labute approximate surface area is 197 Å². The molecule has 1 aliphatic carbocycles. The Hall–Kier alpha value is -2.33. The lowest BCUT2D eigenvalue weighted by molar-refractivity contribution is -0.823. The van der Waals surface area contributed by atoms with Crippen molar-refractivity contribution in [3.05, 3.63) is 52.3 Å². The van der Waals surface area contributed by atoms with Crippen molar-refractivity contribution in [3.8, 4) is 0 Å². The maximum absolute atomic E-state index is 12.5. The Morgan fingerprint density at radius 1 is 1.15 bits per heavy atom. The van der Waals surface area contributed by atoms with E-state index >= 15 is 0 Å². The number of allylic oxidation sites excluding steroid dienone is 2. The molecule has 2 fully saturated rings. The van der Waals surface area contributed by atoms with Crippen molar-refractivity contribution in [3.63, 3.8) is 0 Å². The van der Waals surface area contributed by atoms with Crippen LogP contribution in [0.5, 0.6) is 0 Å². The zero-order chi connectivity index (χ0) is 24.1. The number of carbonyl (C=O) groups excluding carboxylic acids is 1. The maximum atomic E-state index is 12.5. The number of aryl methyl sites for hydroxylation is 2. The third-order valence-electron chi connectivity index (χ3n) is 7.24. The fourth-order valence-corrected chi connectivity index (χ4v) is 4.34. The molecule has 9 heteroatoms. The highest BCUT2D eigenvalue weighted by atomic mass is 16.7. The molecule has 2 aliphatic heterocycles. The van der Waals surface area contributed by atoms with E-state index in [1.165, 1.54) is 5.01 Å². The van der Waals surface area contributed by atoms with Crippen LogP contribution >= 0.6 is 0 Å². The summed E-state index contributed by atoms with van der Waals surface area (Å²) < 4.78 is 18.9. The van der Waals surface area contributed by atoms with Gasteiger partial charge in [-0.3, -0.25) is 0 Å². The smallest absolute Gasteiger partial charge is 0.491 e. The minimum absolute atomic E-state index is 0.0945. The normalized spacial score (nSPS) is 24.3. The zero-order valence-corrected chi connectivity index (χ0v) is 21.0. The van der Waals surface area contributed by atoms with Crippen molar-refractivity contribution in [2.45, 2.75) is 78.7 Å². The molecule has 0 bridgehead atoms. The molecule has 0 radical (unpaired) electrons. The molecular weight excluding hydrogens is 419 g/mol. The van der Waals surface area contributed by atoms with Gasteiger partial charge in [-0.2, -0.15) is 10.0 Å². The number of ether oxygens (including phenoxy) is 1. The third kappa shape index (κ3) is 4.30. The van der Waals surface area contributed by atoms with Crippen LogP contribution in [0.4, 0.5) is 4.79 Å². The van der Waals surface area contributed by atoms with Crippen LogP contribution in [0.25, 0.3) is 0 Å². The van der Waals surface area contributed by atoms with Crippen molar-refractivity contribution in [1.29, 1.82) is 0 Å². The van der Waals surface area contributed by atoms with E-state index in [4.69, 9.17) is 14.0 Å². The van der Waals surface area contributed by atoms with Crippen LogP contribution in [0.15, 0.2) is 35.6 Å². The fraction of sp³-hybridized carbons (Fsp3) is 0.542. The zero-order valence-electron chi connectivity index (χ0n) is 21.0. The lowest BCUT2D eigenvalue weighted by Crippen LogP contribution is -2.97. The highest BCUT2D eigenvalue weighted by Gasteiger charge is 2.52. The minimum Gasteiger partial charge on any atom is -0.491 e. The standard InChI is InChI=1S/C24H35BN4O4/c1-15-10-9-11-20(29-22(30)28(8)26-27-29)21(15)31-14-18-12-17(3)19(13-16(18)2)25-32-23(4,5)24(6,7)33-25/h9-10,12-13,20,26-27H,11,14H2,1-8H3/p+1. The van der Waals surface area contributed by atoms with Gasteiger partial charge < -0.3 is 14.0 Å². The number of hydrazine groups is 1. The molecular formula is C24H36BN4O4+. The average molecular weight is 455 g/mol. The number of quaternary nitrogens is 1. The van der Waals surface area contributed by atoms with Crippen LogP contribution in [0.3, 0.4) is 0 Å². The largest absolute Gasteiger partial charge is 0.495 e. The van der Waals surface area contributed by atoms with E-state index in [1.807, 2.05) is 6.92 Å². The third-order valence-corrected chi connectivity index (χ3v) is 7.24. The first-order valence-electron chi connectivity index (χ1n) is 11.5. The Morgan fingerprint density at radius 2 is 1.82 bits per heavy atom. The van der Waals surface area contributed by atoms with Crippen LogP contribution in [0.1, 0.15) is 57.7 Å². The number of urea groups is 1. The van der Waals surface area contributed by atoms with Gasteiger partial charge in [0, 0.05) is 0 Å². The number of amides is 2. The van der Waals surface area contributed by atoms with Crippen LogP contribution < -0.4 is 16.5 Å². The van der Waals surface area contributed by atoms with Gasteiger partial charge in [-0.1, -0.05) is 29.8 Å². The van der Waals surface area contributed by atoms with Gasteiger partial charge in [-0.25, -0.2) is 4.79 Å². The van der Waals surface area contributed by atoms with E-state index < -0.39 is 0 Å². The Bertz CT molecular complexity index is 1000. The highest BCUT2D eigenvalue weighted by Crippen LogP contribution is 2.37. The van der Waals surface area contributed by atoms with Crippen LogP contribution in [0.2, 0.25) is 0 Å². The van der Waals surface area contributed by atoms with Crippen LogP contribution in [0, 0.1) is 13.8 Å². The summed E-state index contributed by atoms with van der Waals surface area (Å²) in [6, 6.07) is 4.02. The van der Waals surface area contributed by atoms with Crippen LogP contribution in [-0.4, -0.2) is 47.5 Å². The first-order valence-corrected chi connectivity index (χ1v) is 11.5. The molecule has 33 heavy (non-hydrogen) atoms. The fourth-order valence-electron chi connectivity index (χ4n) is 4.34. The van der Waals surface area contributed by atoms with Gasteiger partial charge in [-0.15, -0.1) is 5.53 Å². The molecule has 4 rings (SSSR count). The summed E-state index contributed by atoms with van der Waals surface area (Å²) in [5.74, 6) is 0.814. The van der Waals surface area contributed by atoms with E-state index in [1.54, 1.807) is 17.6 Å². The van der Waals surface area contributed by atoms with Gasteiger partial charge in [-0.05, 0) is 82.6 Å². The van der Waals surface area contributed by atoms with E-state index in [2.05, 4.69) is 71.4 Å². The minimum atomic E-state index is -0.387. The summed E-state index contributed by atoms with van der Waals surface area (Å²) >= 11 is 0. The van der Waals surface area contributed by atoms with Gasteiger partial charge in [0.2, 0.25) is 0 Å². The first-order chi connectivity index (χ1) is 15.4. The second kappa shape index (κ2) is 8.47. The summed E-state index contributed by atoms with van der Waals surface area (Å²) in [5.41, 5.74) is 9.37. The summed E-state index contributed by atoms with van der Waals surface area (Å²) in [4.78, 5) is 12.5. The number of nitrogens with two attached hydrogens (primary N) is 1. The second-order valence-corrected chi connectivity index (χ2v) is 10.2. The van der Waals surface area contributed by atoms with Crippen molar-refractivity contribution < 1.29 is 24.4 Å². The molecule has 2 saturated heterocycles. The number of rotatable bonds is 5. The first kappa shape index (κ1) is 23.8. The molecule has 1 aromatic rings. The van der Waals surface area contributed by atoms with Gasteiger partial charge in [0.05, 0.1) is 18.2 Å². The van der Waals surface area contributed by atoms with Crippen molar-refractivity contribution in [1.82, 2.24) is 15.6 Å². The number of hydrogen-bond acceptors (Lipinski definition) is 5. The van der Waals surface area contributed by atoms with E-state index in [0.717, 1.165) is 33.5 Å². The molecule has 3 aliphatic rings. The molecule has 2 heterocycles. The molecule has 1 unspecified atom stereocenters. The molecule has 0 aromatic heterocycles. The predicted octanol–water partition coefficient (Wildman–Crippen LogP) is 1.99. The van der Waals surface area contributed by atoms with Gasteiger partial charge >= 0.3 is 13.1 Å². The number of nitrogens with zero attached hydrogens (tertiary/aromatic N) is 2. The lowest BCUT2D eigenvalue weighted by Gasteiger charge is -2.32. The Kier molecular flexibility index (Phi) is 6.11. The molecule has 3 N–H and O–H groups in total. The molecule has 1 atom stereocenters. The van der Waals surface area contributed by atoms with E-state index in [-0.39, 0.29) is 30.4 Å². The quantitative estimate of drug-likeness (QED) is 0.403. The van der Waals surface area contributed by atoms with E-state index in [0.29, 0.717) is 13.0 Å².